The average molecular weight is 282 g/mol. The summed E-state index contributed by atoms with van der Waals surface area (Å²) in [5.41, 5.74) is 0.305. The molecule has 0 aliphatic heterocycles. The zero-order valence-corrected chi connectivity index (χ0v) is 12.0. The molecule has 0 saturated heterocycles. The minimum Gasteiger partial charge on any atom is -0.481 e. The third-order valence-electron chi connectivity index (χ3n) is 2.93. The molecule has 1 aromatic rings. The van der Waals surface area contributed by atoms with Gasteiger partial charge in [0.25, 0.3) is 5.91 Å². The molecule has 112 valence electrons. The van der Waals surface area contributed by atoms with Crippen molar-refractivity contribution in [3.63, 3.8) is 0 Å². The summed E-state index contributed by atoms with van der Waals surface area (Å²) in [6.07, 6.45) is 3.50. The van der Waals surface area contributed by atoms with Gasteiger partial charge in [0.05, 0.1) is 0 Å². The average Bonchev–Trinajstić information content (AvgIpc) is 2.86. The highest BCUT2D eigenvalue weighted by atomic mass is 16.5. The second-order valence-corrected chi connectivity index (χ2v) is 5.08. The Balaban J connectivity index is 2.15. The Labute approximate surface area is 118 Å². The van der Waals surface area contributed by atoms with E-state index < -0.39 is 5.97 Å². The number of hydrogen-bond acceptors (Lipinski definition) is 4. The highest BCUT2D eigenvalue weighted by molar-refractivity contribution is 5.92. The van der Waals surface area contributed by atoms with Gasteiger partial charge in [-0.25, -0.2) is 0 Å². The van der Waals surface area contributed by atoms with Gasteiger partial charge in [0.15, 0.2) is 5.69 Å². The number of unbranched alkanes of at least 4 members (excludes halogenated alkanes) is 3. The van der Waals surface area contributed by atoms with E-state index in [9.17, 15) is 9.59 Å². The van der Waals surface area contributed by atoms with Crippen LogP contribution in [-0.4, -0.2) is 28.7 Å². The third kappa shape index (κ3) is 5.86. The molecule has 2 N–H and O–H groups in total. The van der Waals surface area contributed by atoms with Gasteiger partial charge in [-0.2, -0.15) is 0 Å². The van der Waals surface area contributed by atoms with Crippen LogP contribution in [0.25, 0.3) is 0 Å². The van der Waals surface area contributed by atoms with Crippen molar-refractivity contribution in [2.75, 3.05) is 6.54 Å². The quantitative estimate of drug-likeness (QED) is 0.679. The van der Waals surface area contributed by atoms with Crippen molar-refractivity contribution >= 4 is 11.9 Å². The summed E-state index contributed by atoms with van der Waals surface area (Å²) in [6, 6.07) is 1.66. The predicted molar refractivity (Wildman–Crippen MR) is 73.6 cm³/mol. The standard InChI is InChI=1S/C14H22N2O4/c1-10(2)12-9-11(16-20-12)14(19)15-8-6-4-3-5-7-13(17)18/h9-10H,3-8H2,1-2H3,(H,15,19)(H,17,18). The fraction of sp³-hybridized carbons (Fsp3) is 0.643. The predicted octanol–water partition coefficient (Wildman–Crippen LogP) is 2.56. The molecule has 0 atom stereocenters. The molecule has 1 rings (SSSR count). The van der Waals surface area contributed by atoms with Gasteiger partial charge in [0.1, 0.15) is 5.76 Å². The third-order valence-corrected chi connectivity index (χ3v) is 2.93. The van der Waals surface area contributed by atoms with Crippen LogP contribution >= 0.6 is 0 Å². The molecule has 20 heavy (non-hydrogen) atoms. The molecule has 6 nitrogen and oxygen atoms in total. The molecule has 1 heterocycles. The maximum absolute atomic E-state index is 11.7. The van der Waals surface area contributed by atoms with Gasteiger partial charge in [-0.1, -0.05) is 31.8 Å². The zero-order chi connectivity index (χ0) is 15.0. The molecule has 0 saturated carbocycles. The molecule has 1 amide bonds. The molecular weight excluding hydrogens is 260 g/mol. The number of carbonyl (C=O) groups is 2. The highest BCUT2D eigenvalue weighted by Crippen LogP contribution is 2.14. The van der Waals surface area contributed by atoms with Crippen molar-refractivity contribution in [1.82, 2.24) is 10.5 Å². The van der Waals surface area contributed by atoms with E-state index in [1.165, 1.54) is 0 Å². The molecule has 6 heteroatoms. The zero-order valence-electron chi connectivity index (χ0n) is 12.0. The highest BCUT2D eigenvalue weighted by Gasteiger charge is 2.13. The Morgan fingerprint density at radius 3 is 2.60 bits per heavy atom. The van der Waals surface area contributed by atoms with Crippen molar-refractivity contribution in [2.45, 2.75) is 51.9 Å². The number of aromatic nitrogens is 1. The number of carbonyl (C=O) groups excluding carboxylic acids is 1. The summed E-state index contributed by atoms with van der Waals surface area (Å²) in [6.45, 7) is 4.51. The summed E-state index contributed by atoms with van der Waals surface area (Å²) < 4.78 is 5.06. The van der Waals surface area contributed by atoms with Crippen LogP contribution in [0.15, 0.2) is 10.6 Å². The van der Waals surface area contributed by atoms with E-state index in [1.807, 2.05) is 13.8 Å². The lowest BCUT2D eigenvalue weighted by Crippen LogP contribution is -2.24. The van der Waals surface area contributed by atoms with Crippen LogP contribution in [0.3, 0.4) is 0 Å². The topological polar surface area (TPSA) is 92.4 Å². The number of amides is 1. The van der Waals surface area contributed by atoms with Crippen LogP contribution in [0.4, 0.5) is 0 Å². The van der Waals surface area contributed by atoms with Gasteiger partial charge in [-0.05, 0) is 12.8 Å². The first kappa shape index (κ1) is 16.2. The maximum atomic E-state index is 11.7. The van der Waals surface area contributed by atoms with Crippen molar-refractivity contribution in [2.24, 2.45) is 0 Å². The molecule has 0 spiro atoms. The molecule has 0 aromatic carbocycles. The number of nitrogens with zero attached hydrogens (tertiary/aromatic N) is 1. The van der Waals surface area contributed by atoms with Gasteiger partial charge < -0.3 is 14.9 Å². The number of carboxylic acid groups (broad SMARTS) is 1. The Bertz CT molecular complexity index is 440. The summed E-state index contributed by atoms with van der Waals surface area (Å²) in [4.78, 5) is 22.1. The minimum absolute atomic E-state index is 0.207. The first-order valence-electron chi connectivity index (χ1n) is 6.97. The summed E-state index contributed by atoms with van der Waals surface area (Å²) in [7, 11) is 0. The Morgan fingerprint density at radius 2 is 2.00 bits per heavy atom. The lowest BCUT2D eigenvalue weighted by Gasteiger charge is -2.02. The van der Waals surface area contributed by atoms with E-state index >= 15 is 0 Å². The van der Waals surface area contributed by atoms with E-state index in [0.29, 0.717) is 24.4 Å². The van der Waals surface area contributed by atoms with E-state index in [-0.39, 0.29) is 18.2 Å². The van der Waals surface area contributed by atoms with Crippen LogP contribution in [0.2, 0.25) is 0 Å². The van der Waals surface area contributed by atoms with Gasteiger partial charge in [0.2, 0.25) is 0 Å². The van der Waals surface area contributed by atoms with Crippen molar-refractivity contribution in [3.8, 4) is 0 Å². The molecule has 0 fully saturated rings. The first-order valence-corrected chi connectivity index (χ1v) is 6.97. The summed E-state index contributed by atoms with van der Waals surface area (Å²) in [5, 5.41) is 15.0. The minimum atomic E-state index is -0.759. The van der Waals surface area contributed by atoms with E-state index in [0.717, 1.165) is 19.3 Å². The Hall–Kier alpha value is -1.85. The van der Waals surface area contributed by atoms with E-state index in [1.54, 1.807) is 6.07 Å². The lowest BCUT2D eigenvalue weighted by molar-refractivity contribution is -0.137. The molecule has 1 aromatic heterocycles. The first-order chi connectivity index (χ1) is 9.50. The van der Waals surface area contributed by atoms with Crippen molar-refractivity contribution < 1.29 is 19.2 Å². The molecule has 0 bridgehead atoms. The number of rotatable bonds is 9. The second-order valence-electron chi connectivity index (χ2n) is 5.08. The summed E-state index contributed by atoms with van der Waals surface area (Å²) >= 11 is 0. The molecular formula is C14H22N2O4. The largest absolute Gasteiger partial charge is 0.481 e. The molecule has 0 radical (unpaired) electrons. The normalized spacial score (nSPS) is 10.8. The fourth-order valence-electron chi connectivity index (χ4n) is 1.72. The SMILES string of the molecule is CC(C)c1cc(C(=O)NCCCCCCC(=O)O)no1. The number of nitrogens with one attached hydrogen (secondary N) is 1. The number of hydrogen-bond donors (Lipinski definition) is 2. The maximum Gasteiger partial charge on any atom is 0.303 e. The number of carboxylic acids is 1. The van der Waals surface area contributed by atoms with E-state index in [4.69, 9.17) is 9.63 Å². The number of aliphatic carboxylic acids is 1. The Kier molecular flexibility index (Phi) is 6.76. The van der Waals surface area contributed by atoms with Crippen molar-refractivity contribution in [1.29, 1.82) is 0 Å². The summed E-state index contributed by atoms with van der Waals surface area (Å²) in [5.74, 6) is -0.0846. The van der Waals surface area contributed by atoms with Crippen LogP contribution in [0.5, 0.6) is 0 Å². The van der Waals surface area contributed by atoms with Crippen LogP contribution in [-0.2, 0) is 4.79 Å². The van der Waals surface area contributed by atoms with Crippen LogP contribution < -0.4 is 5.32 Å². The van der Waals surface area contributed by atoms with Crippen molar-refractivity contribution in [3.05, 3.63) is 17.5 Å². The van der Waals surface area contributed by atoms with Gasteiger partial charge in [-0.15, -0.1) is 0 Å². The molecule has 0 aliphatic carbocycles. The molecule has 0 unspecified atom stereocenters. The van der Waals surface area contributed by atoms with Crippen LogP contribution in [0.1, 0.15) is 68.1 Å². The van der Waals surface area contributed by atoms with Gasteiger partial charge in [-0.3, -0.25) is 9.59 Å². The second kappa shape index (κ2) is 8.35. The smallest absolute Gasteiger partial charge is 0.303 e. The fourth-order valence-corrected chi connectivity index (χ4v) is 1.72. The monoisotopic (exact) mass is 282 g/mol. The van der Waals surface area contributed by atoms with E-state index in [2.05, 4.69) is 10.5 Å². The lowest BCUT2D eigenvalue weighted by atomic mass is 10.1. The van der Waals surface area contributed by atoms with Crippen LogP contribution in [0, 0.1) is 0 Å². The van der Waals surface area contributed by atoms with Gasteiger partial charge >= 0.3 is 5.97 Å². The Morgan fingerprint density at radius 1 is 1.30 bits per heavy atom. The van der Waals surface area contributed by atoms with Gasteiger partial charge in [0, 0.05) is 24.9 Å². The molecule has 0 aliphatic rings.